The van der Waals surface area contributed by atoms with Crippen LogP contribution in [0.1, 0.15) is 36.0 Å². The van der Waals surface area contributed by atoms with E-state index in [0.29, 0.717) is 11.4 Å². The highest BCUT2D eigenvalue weighted by Crippen LogP contribution is 2.23. The Bertz CT molecular complexity index is 524. The number of carboxylic acid groups (broad SMARTS) is 1. The predicted molar refractivity (Wildman–Crippen MR) is 77.0 cm³/mol. The molecule has 0 heterocycles. The van der Waals surface area contributed by atoms with Crippen molar-refractivity contribution in [1.29, 1.82) is 0 Å². The number of hydrogen-bond donors (Lipinski definition) is 3. The number of carboxylic acids is 1. The fraction of sp³-hybridized carbons (Fsp3) is 0.429. The van der Waals surface area contributed by atoms with Gasteiger partial charge >= 0.3 is 12.0 Å². The van der Waals surface area contributed by atoms with Gasteiger partial charge in [-0.3, -0.25) is 4.90 Å². The number of carbonyl (C=O) groups is 2. The van der Waals surface area contributed by atoms with E-state index >= 15 is 0 Å². The molecule has 0 radical (unpaired) electrons. The van der Waals surface area contributed by atoms with E-state index in [-0.39, 0.29) is 17.6 Å². The van der Waals surface area contributed by atoms with Crippen LogP contribution in [0.3, 0.4) is 0 Å². The van der Waals surface area contributed by atoms with Crippen molar-refractivity contribution in [3.05, 3.63) is 23.8 Å². The van der Waals surface area contributed by atoms with Crippen molar-refractivity contribution in [2.45, 2.75) is 31.7 Å². The lowest BCUT2D eigenvalue weighted by atomic mass is 10.1. The van der Waals surface area contributed by atoms with E-state index in [1.807, 2.05) is 0 Å². The number of benzene rings is 1. The summed E-state index contributed by atoms with van der Waals surface area (Å²) >= 11 is 0. The van der Waals surface area contributed by atoms with Crippen LogP contribution in [-0.2, 0) is 0 Å². The molecule has 1 aliphatic carbocycles. The Hall–Kier alpha value is -2.24. The first-order valence-corrected chi connectivity index (χ1v) is 6.66. The minimum absolute atomic E-state index is 0.0223. The number of aromatic carboxylic acids is 1. The van der Waals surface area contributed by atoms with Gasteiger partial charge in [-0.05, 0) is 31.0 Å². The second kappa shape index (κ2) is 5.81. The molecule has 1 aliphatic rings. The lowest BCUT2D eigenvalue weighted by Crippen LogP contribution is -2.42. The summed E-state index contributed by atoms with van der Waals surface area (Å²) in [6.45, 7) is 0. The second-order valence-electron chi connectivity index (χ2n) is 5.07. The third-order valence-corrected chi connectivity index (χ3v) is 3.60. The molecule has 6 nitrogen and oxygen atoms in total. The summed E-state index contributed by atoms with van der Waals surface area (Å²) in [5, 5.41) is 12.1. The average Bonchev–Trinajstić information content (AvgIpc) is 2.90. The van der Waals surface area contributed by atoms with E-state index in [2.05, 4.69) is 5.32 Å². The zero-order valence-corrected chi connectivity index (χ0v) is 11.4. The minimum Gasteiger partial charge on any atom is -0.478 e. The van der Waals surface area contributed by atoms with Gasteiger partial charge in [-0.25, -0.2) is 9.59 Å². The van der Waals surface area contributed by atoms with Crippen LogP contribution in [0.2, 0.25) is 0 Å². The maximum Gasteiger partial charge on any atom is 0.337 e. The number of carbonyl (C=O) groups excluding carboxylic acids is 1. The van der Waals surface area contributed by atoms with Gasteiger partial charge in [-0.2, -0.15) is 0 Å². The lowest BCUT2D eigenvalue weighted by molar-refractivity contribution is 0.0698. The van der Waals surface area contributed by atoms with Gasteiger partial charge in [0.1, 0.15) is 0 Å². The summed E-state index contributed by atoms with van der Waals surface area (Å²) in [4.78, 5) is 24.7. The zero-order chi connectivity index (χ0) is 14.7. The number of urea groups is 1. The predicted octanol–water partition coefficient (Wildman–Crippen LogP) is 2.06. The molecule has 108 valence electrons. The first-order valence-electron chi connectivity index (χ1n) is 6.66. The highest BCUT2D eigenvalue weighted by molar-refractivity contribution is 6.01. The van der Waals surface area contributed by atoms with Gasteiger partial charge in [0.25, 0.3) is 0 Å². The van der Waals surface area contributed by atoms with Crippen LogP contribution in [0.4, 0.5) is 16.2 Å². The molecular weight excluding hydrogens is 258 g/mol. The van der Waals surface area contributed by atoms with Crippen LogP contribution in [0.15, 0.2) is 18.2 Å². The van der Waals surface area contributed by atoms with E-state index < -0.39 is 5.97 Å². The number of nitrogen functional groups attached to an aromatic ring is 1. The smallest absolute Gasteiger partial charge is 0.337 e. The molecule has 1 fully saturated rings. The lowest BCUT2D eigenvalue weighted by Gasteiger charge is -2.22. The van der Waals surface area contributed by atoms with E-state index in [1.54, 1.807) is 19.2 Å². The van der Waals surface area contributed by atoms with Gasteiger partial charge in [-0.15, -0.1) is 0 Å². The minimum atomic E-state index is -1.10. The van der Waals surface area contributed by atoms with E-state index in [0.717, 1.165) is 25.7 Å². The quantitative estimate of drug-likeness (QED) is 0.737. The summed E-state index contributed by atoms with van der Waals surface area (Å²) in [7, 11) is 1.56. The van der Waals surface area contributed by atoms with Gasteiger partial charge in [0.05, 0.1) is 11.3 Å². The Labute approximate surface area is 117 Å². The van der Waals surface area contributed by atoms with Crippen LogP contribution < -0.4 is 16.0 Å². The molecule has 0 unspecified atom stereocenters. The molecule has 4 N–H and O–H groups in total. The Morgan fingerprint density at radius 1 is 1.35 bits per heavy atom. The van der Waals surface area contributed by atoms with E-state index in [4.69, 9.17) is 5.73 Å². The molecule has 1 aromatic rings. The summed E-state index contributed by atoms with van der Waals surface area (Å²) in [6.07, 6.45) is 4.20. The monoisotopic (exact) mass is 277 g/mol. The summed E-state index contributed by atoms with van der Waals surface area (Å²) in [6, 6.07) is 4.39. The molecule has 2 rings (SSSR count). The Kier molecular flexibility index (Phi) is 4.12. The number of hydrogen-bond acceptors (Lipinski definition) is 3. The van der Waals surface area contributed by atoms with Crippen molar-refractivity contribution in [3.8, 4) is 0 Å². The number of rotatable bonds is 3. The van der Waals surface area contributed by atoms with Gasteiger partial charge < -0.3 is 16.2 Å². The highest BCUT2D eigenvalue weighted by atomic mass is 16.4. The number of nitrogens with one attached hydrogen (secondary N) is 1. The first kappa shape index (κ1) is 14.2. The van der Waals surface area contributed by atoms with Crippen molar-refractivity contribution in [3.63, 3.8) is 0 Å². The molecule has 0 spiro atoms. The van der Waals surface area contributed by atoms with Crippen molar-refractivity contribution in [2.75, 3.05) is 17.7 Å². The van der Waals surface area contributed by atoms with Gasteiger partial charge in [-0.1, -0.05) is 12.8 Å². The fourth-order valence-electron chi connectivity index (χ4n) is 2.47. The zero-order valence-electron chi connectivity index (χ0n) is 11.4. The number of anilines is 2. The van der Waals surface area contributed by atoms with Crippen LogP contribution in [-0.4, -0.2) is 30.2 Å². The SMILES string of the molecule is CN(C(=O)NC1CCCC1)c1ccc(N)cc1C(=O)O. The number of nitrogens with zero attached hydrogens (tertiary/aromatic N) is 1. The van der Waals surface area contributed by atoms with Crippen molar-refractivity contribution < 1.29 is 14.7 Å². The Morgan fingerprint density at radius 2 is 2.00 bits per heavy atom. The second-order valence-corrected chi connectivity index (χ2v) is 5.07. The topological polar surface area (TPSA) is 95.7 Å². The molecule has 1 saturated carbocycles. The van der Waals surface area contributed by atoms with Crippen molar-refractivity contribution in [2.24, 2.45) is 0 Å². The average molecular weight is 277 g/mol. The Balaban J connectivity index is 2.17. The van der Waals surface area contributed by atoms with Crippen LogP contribution >= 0.6 is 0 Å². The van der Waals surface area contributed by atoms with Crippen LogP contribution in [0.25, 0.3) is 0 Å². The summed E-state index contributed by atoms with van der Waals surface area (Å²) in [5.74, 6) is -1.10. The Morgan fingerprint density at radius 3 is 2.60 bits per heavy atom. The van der Waals surface area contributed by atoms with E-state index in [9.17, 15) is 14.7 Å². The van der Waals surface area contributed by atoms with Crippen molar-refractivity contribution in [1.82, 2.24) is 5.32 Å². The van der Waals surface area contributed by atoms with E-state index in [1.165, 1.54) is 11.0 Å². The number of nitrogens with two attached hydrogens (primary N) is 1. The molecule has 2 amide bonds. The fourth-order valence-corrected chi connectivity index (χ4v) is 2.47. The highest BCUT2D eigenvalue weighted by Gasteiger charge is 2.22. The molecule has 0 aliphatic heterocycles. The standard InChI is InChI=1S/C14H19N3O3/c1-17(14(20)16-10-4-2-3-5-10)12-7-6-9(15)8-11(12)13(18)19/h6-8,10H,2-5,15H2,1H3,(H,16,20)(H,18,19). The molecule has 0 bridgehead atoms. The molecule has 6 heteroatoms. The normalized spacial score (nSPS) is 15.1. The number of amides is 2. The molecule has 0 atom stereocenters. The van der Waals surface area contributed by atoms with Crippen LogP contribution in [0.5, 0.6) is 0 Å². The maximum atomic E-state index is 12.1. The summed E-state index contributed by atoms with van der Waals surface area (Å²) in [5.41, 5.74) is 6.31. The van der Waals surface area contributed by atoms with Gasteiger partial charge in [0.2, 0.25) is 0 Å². The maximum absolute atomic E-state index is 12.1. The third-order valence-electron chi connectivity index (χ3n) is 3.60. The molecule has 0 aromatic heterocycles. The summed E-state index contributed by atoms with van der Waals surface area (Å²) < 4.78 is 0. The van der Waals surface area contributed by atoms with Crippen LogP contribution in [0, 0.1) is 0 Å². The van der Waals surface area contributed by atoms with Gasteiger partial charge in [0.15, 0.2) is 0 Å². The largest absolute Gasteiger partial charge is 0.478 e. The molecule has 20 heavy (non-hydrogen) atoms. The first-order chi connectivity index (χ1) is 9.49. The third kappa shape index (κ3) is 3.01. The molecular formula is C14H19N3O3. The molecule has 1 aromatic carbocycles. The van der Waals surface area contributed by atoms with Gasteiger partial charge in [0, 0.05) is 18.8 Å². The van der Waals surface area contributed by atoms with Crippen molar-refractivity contribution >= 4 is 23.4 Å². The molecule has 0 saturated heterocycles.